The third-order valence-electron chi connectivity index (χ3n) is 4.95. The van der Waals surface area contributed by atoms with Crippen molar-refractivity contribution >= 4 is 5.91 Å². The summed E-state index contributed by atoms with van der Waals surface area (Å²) >= 11 is 0. The molecule has 1 aliphatic carbocycles. The summed E-state index contributed by atoms with van der Waals surface area (Å²) in [6, 6.07) is 0.206. The highest BCUT2D eigenvalue weighted by Gasteiger charge is 2.30. The van der Waals surface area contributed by atoms with Crippen molar-refractivity contribution in [1.29, 1.82) is 0 Å². The van der Waals surface area contributed by atoms with Crippen LogP contribution in [0.4, 0.5) is 0 Å². The molecule has 2 aliphatic rings. The second-order valence-corrected chi connectivity index (χ2v) is 6.21. The van der Waals surface area contributed by atoms with Crippen LogP contribution in [-0.2, 0) is 12.8 Å². The van der Waals surface area contributed by atoms with Gasteiger partial charge in [0.15, 0.2) is 5.69 Å². The molecule has 1 amide bonds. The highest BCUT2D eigenvalue weighted by Crippen LogP contribution is 2.25. The van der Waals surface area contributed by atoms with Crippen LogP contribution >= 0.6 is 0 Å². The largest absolute Gasteiger partial charge is 0.395 e. The van der Waals surface area contributed by atoms with E-state index in [0.29, 0.717) is 18.8 Å². The van der Waals surface area contributed by atoms with Crippen LogP contribution in [0.25, 0.3) is 0 Å². The molecule has 1 unspecified atom stereocenters. The van der Waals surface area contributed by atoms with Gasteiger partial charge < -0.3 is 14.5 Å². The van der Waals surface area contributed by atoms with E-state index in [4.69, 9.17) is 4.52 Å². The Morgan fingerprint density at radius 1 is 1.27 bits per heavy atom. The average Bonchev–Trinajstić information content (AvgIpc) is 3.00. The zero-order valence-corrected chi connectivity index (χ0v) is 13.3. The molecule has 0 spiro atoms. The summed E-state index contributed by atoms with van der Waals surface area (Å²) in [4.78, 5) is 16.8. The maximum absolute atomic E-state index is 12.7. The SMILES string of the molecule is CCC(CO)N1CCN(C(=O)c2noc3c2CCCC3)CC1. The third kappa shape index (κ3) is 2.90. The summed E-state index contributed by atoms with van der Waals surface area (Å²) in [5, 5.41) is 13.4. The molecule has 122 valence electrons. The number of aryl methyl sites for hydroxylation is 1. The van der Waals surface area contributed by atoms with Gasteiger partial charge in [-0.2, -0.15) is 0 Å². The number of piperazine rings is 1. The van der Waals surface area contributed by atoms with Gasteiger partial charge in [-0.25, -0.2) is 0 Å². The molecule has 1 aliphatic heterocycles. The summed E-state index contributed by atoms with van der Waals surface area (Å²) in [7, 11) is 0. The molecular weight excluding hydrogens is 282 g/mol. The predicted molar refractivity (Wildman–Crippen MR) is 81.8 cm³/mol. The molecule has 1 saturated heterocycles. The van der Waals surface area contributed by atoms with Crippen molar-refractivity contribution in [3.8, 4) is 0 Å². The van der Waals surface area contributed by atoms with E-state index in [9.17, 15) is 9.90 Å². The van der Waals surface area contributed by atoms with Crippen LogP contribution in [0.5, 0.6) is 0 Å². The van der Waals surface area contributed by atoms with E-state index in [1.54, 1.807) is 0 Å². The molecule has 0 aromatic carbocycles. The molecule has 1 aromatic heterocycles. The Balaban J connectivity index is 1.64. The van der Waals surface area contributed by atoms with Crippen LogP contribution in [0.2, 0.25) is 0 Å². The van der Waals surface area contributed by atoms with Gasteiger partial charge in [-0.1, -0.05) is 12.1 Å². The number of amides is 1. The van der Waals surface area contributed by atoms with Crippen LogP contribution in [0, 0.1) is 0 Å². The second kappa shape index (κ2) is 6.79. The number of carbonyl (C=O) groups excluding carboxylic acids is 1. The first-order valence-corrected chi connectivity index (χ1v) is 8.36. The first-order valence-electron chi connectivity index (χ1n) is 8.36. The number of aliphatic hydroxyl groups is 1. The fourth-order valence-corrected chi connectivity index (χ4v) is 3.50. The number of rotatable bonds is 4. The molecule has 1 fully saturated rings. The number of fused-ring (bicyclic) bond motifs is 1. The topological polar surface area (TPSA) is 69.8 Å². The quantitative estimate of drug-likeness (QED) is 0.901. The Labute approximate surface area is 131 Å². The number of nitrogens with zero attached hydrogens (tertiary/aromatic N) is 3. The van der Waals surface area contributed by atoms with Gasteiger partial charge in [-0.05, 0) is 25.7 Å². The van der Waals surface area contributed by atoms with Crippen LogP contribution in [0.3, 0.4) is 0 Å². The monoisotopic (exact) mass is 307 g/mol. The van der Waals surface area contributed by atoms with Gasteiger partial charge in [0.05, 0.1) is 6.61 Å². The van der Waals surface area contributed by atoms with Gasteiger partial charge in [0, 0.05) is 44.2 Å². The van der Waals surface area contributed by atoms with Crippen molar-refractivity contribution in [3.63, 3.8) is 0 Å². The van der Waals surface area contributed by atoms with Crippen molar-refractivity contribution in [2.45, 2.75) is 45.1 Å². The molecule has 6 heteroatoms. The minimum atomic E-state index is 0.00333. The first-order chi connectivity index (χ1) is 10.7. The van der Waals surface area contributed by atoms with Gasteiger partial charge in [0.25, 0.3) is 5.91 Å². The molecule has 3 rings (SSSR count). The molecule has 0 saturated carbocycles. The highest BCUT2D eigenvalue weighted by atomic mass is 16.5. The van der Waals surface area contributed by atoms with E-state index in [-0.39, 0.29) is 18.6 Å². The fourth-order valence-electron chi connectivity index (χ4n) is 3.50. The Bertz CT molecular complexity index is 517. The van der Waals surface area contributed by atoms with Gasteiger partial charge in [-0.3, -0.25) is 9.69 Å². The number of carbonyl (C=O) groups is 1. The van der Waals surface area contributed by atoms with E-state index in [0.717, 1.165) is 56.5 Å². The van der Waals surface area contributed by atoms with Crippen molar-refractivity contribution in [1.82, 2.24) is 15.0 Å². The summed E-state index contributed by atoms with van der Waals surface area (Å²) in [6.07, 6.45) is 4.96. The normalized spacial score (nSPS) is 20.7. The zero-order chi connectivity index (χ0) is 15.5. The van der Waals surface area contributed by atoms with Crippen molar-refractivity contribution in [2.24, 2.45) is 0 Å². The van der Waals surface area contributed by atoms with Gasteiger partial charge in [0.2, 0.25) is 0 Å². The van der Waals surface area contributed by atoms with E-state index >= 15 is 0 Å². The van der Waals surface area contributed by atoms with Crippen molar-refractivity contribution < 1.29 is 14.4 Å². The van der Waals surface area contributed by atoms with Crippen molar-refractivity contribution in [2.75, 3.05) is 32.8 Å². The zero-order valence-electron chi connectivity index (χ0n) is 13.3. The molecule has 2 heterocycles. The molecule has 0 bridgehead atoms. The Hall–Kier alpha value is -1.40. The molecule has 1 N–H and O–H groups in total. The van der Waals surface area contributed by atoms with Crippen LogP contribution in [0.1, 0.15) is 48.0 Å². The third-order valence-corrected chi connectivity index (χ3v) is 4.95. The standard InChI is InChI=1S/C16H25N3O3/c1-2-12(11-20)18-7-9-19(10-8-18)16(21)15-13-5-3-4-6-14(13)22-17-15/h12,20H,2-11H2,1H3. The number of hydrogen-bond acceptors (Lipinski definition) is 5. The lowest BCUT2D eigenvalue weighted by Crippen LogP contribution is -2.52. The molecule has 22 heavy (non-hydrogen) atoms. The Morgan fingerprint density at radius 2 is 2.00 bits per heavy atom. The van der Waals surface area contributed by atoms with Crippen LogP contribution in [0.15, 0.2) is 4.52 Å². The fraction of sp³-hybridized carbons (Fsp3) is 0.750. The number of aliphatic hydroxyl groups excluding tert-OH is 1. The molecular formula is C16H25N3O3. The number of hydrogen-bond donors (Lipinski definition) is 1. The maximum Gasteiger partial charge on any atom is 0.276 e. The lowest BCUT2D eigenvalue weighted by Gasteiger charge is -2.38. The van der Waals surface area contributed by atoms with Gasteiger partial charge in [-0.15, -0.1) is 0 Å². The first kappa shape index (κ1) is 15.5. The Kier molecular flexibility index (Phi) is 4.78. The average molecular weight is 307 g/mol. The van der Waals surface area contributed by atoms with E-state index in [1.807, 2.05) is 4.90 Å². The van der Waals surface area contributed by atoms with E-state index in [2.05, 4.69) is 17.0 Å². The number of aromatic nitrogens is 1. The molecule has 1 aromatic rings. The molecule has 1 atom stereocenters. The lowest BCUT2D eigenvalue weighted by atomic mass is 9.96. The predicted octanol–water partition coefficient (Wildman–Crippen LogP) is 1.08. The summed E-state index contributed by atoms with van der Waals surface area (Å²) in [5.74, 6) is 0.906. The maximum atomic E-state index is 12.7. The minimum Gasteiger partial charge on any atom is -0.395 e. The molecule has 0 radical (unpaired) electrons. The van der Waals surface area contributed by atoms with Crippen LogP contribution in [-0.4, -0.2) is 64.8 Å². The van der Waals surface area contributed by atoms with E-state index in [1.165, 1.54) is 0 Å². The van der Waals surface area contributed by atoms with Crippen LogP contribution < -0.4 is 0 Å². The smallest absolute Gasteiger partial charge is 0.276 e. The minimum absolute atomic E-state index is 0.00333. The van der Waals surface area contributed by atoms with Gasteiger partial charge >= 0.3 is 0 Å². The van der Waals surface area contributed by atoms with E-state index < -0.39 is 0 Å². The summed E-state index contributed by atoms with van der Waals surface area (Å²) < 4.78 is 5.35. The van der Waals surface area contributed by atoms with Crippen molar-refractivity contribution in [3.05, 3.63) is 17.0 Å². The summed E-state index contributed by atoms with van der Waals surface area (Å²) in [6.45, 7) is 5.27. The molecule has 6 nitrogen and oxygen atoms in total. The second-order valence-electron chi connectivity index (χ2n) is 6.21. The highest BCUT2D eigenvalue weighted by molar-refractivity contribution is 5.94. The van der Waals surface area contributed by atoms with Gasteiger partial charge in [0.1, 0.15) is 5.76 Å². The summed E-state index contributed by atoms with van der Waals surface area (Å²) in [5.41, 5.74) is 1.55. The Morgan fingerprint density at radius 3 is 2.68 bits per heavy atom. The lowest BCUT2D eigenvalue weighted by molar-refractivity contribution is 0.0464.